The van der Waals surface area contributed by atoms with Crippen LogP contribution in [0.5, 0.6) is 0 Å². The van der Waals surface area contributed by atoms with E-state index in [2.05, 4.69) is 0 Å². The zero-order valence-corrected chi connectivity index (χ0v) is 19.9. The summed E-state index contributed by atoms with van der Waals surface area (Å²) in [4.78, 5) is 26.8. The average molecular weight is 463 g/mol. The molecule has 2 rings (SSSR count). The first-order chi connectivity index (χ1) is 14.9. The highest BCUT2D eigenvalue weighted by molar-refractivity contribution is 7.93. The lowest BCUT2D eigenvalue weighted by Crippen LogP contribution is -2.43. The van der Waals surface area contributed by atoms with Crippen molar-refractivity contribution in [3.63, 3.8) is 0 Å². The van der Waals surface area contributed by atoms with Gasteiger partial charge in [0.25, 0.3) is 0 Å². The van der Waals surface area contributed by atoms with Crippen molar-refractivity contribution < 1.29 is 27.5 Å². The maximum absolute atomic E-state index is 12.9. The highest BCUT2D eigenvalue weighted by atomic mass is 32.2. The molecule has 9 heteroatoms. The van der Waals surface area contributed by atoms with Crippen LogP contribution in [0.4, 0.5) is 10.5 Å². The normalized spacial score (nSPS) is 11.8. The van der Waals surface area contributed by atoms with Crippen LogP contribution in [0.2, 0.25) is 0 Å². The summed E-state index contributed by atoms with van der Waals surface area (Å²) in [6, 6.07) is 14.9. The molecule has 174 valence electrons. The third kappa shape index (κ3) is 7.65. The second-order valence-electron chi connectivity index (χ2n) is 8.47. The molecule has 0 saturated heterocycles. The van der Waals surface area contributed by atoms with Gasteiger partial charge in [-0.1, -0.05) is 30.3 Å². The van der Waals surface area contributed by atoms with Gasteiger partial charge in [-0.05, 0) is 64.7 Å². The van der Waals surface area contributed by atoms with Crippen LogP contribution in [0, 0.1) is 0 Å². The minimum Gasteiger partial charge on any atom is -0.457 e. The fraction of sp³-hybridized carbons (Fsp3) is 0.391. The third-order valence-corrected chi connectivity index (χ3v) is 5.80. The highest BCUT2D eigenvalue weighted by Crippen LogP contribution is 2.23. The number of benzene rings is 2. The van der Waals surface area contributed by atoms with Crippen LogP contribution in [-0.2, 0) is 26.1 Å². The van der Waals surface area contributed by atoms with E-state index in [-0.39, 0.29) is 30.2 Å². The number of carbonyl (C=O) groups is 2. The van der Waals surface area contributed by atoms with Gasteiger partial charge in [0.15, 0.2) is 0 Å². The lowest BCUT2D eigenvalue weighted by molar-refractivity contribution is 0.0472. The summed E-state index contributed by atoms with van der Waals surface area (Å²) in [5, 5.41) is 0. The van der Waals surface area contributed by atoms with Crippen LogP contribution < -0.4 is 4.31 Å². The molecular weight excluding hydrogens is 432 g/mol. The van der Waals surface area contributed by atoms with Crippen LogP contribution in [0.25, 0.3) is 0 Å². The van der Waals surface area contributed by atoms with Crippen molar-refractivity contribution in [3.05, 3.63) is 65.7 Å². The van der Waals surface area contributed by atoms with Gasteiger partial charge in [0.2, 0.25) is 10.0 Å². The predicted octanol–water partition coefficient (Wildman–Crippen LogP) is 3.68. The maximum Gasteiger partial charge on any atom is 0.428 e. The van der Waals surface area contributed by atoms with Gasteiger partial charge in [0.05, 0.1) is 17.0 Å². The van der Waals surface area contributed by atoms with Gasteiger partial charge in [-0.3, -0.25) is 0 Å². The molecule has 2 aromatic rings. The first-order valence-electron chi connectivity index (χ1n) is 10.1. The van der Waals surface area contributed by atoms with Crippen LogP contribution in [0.3, 0.4) is 0 Å². The molecule has 0 aliphatic rings. The van der Waals surface area contributed by atoms with E-state index >= 15 is 0 Å². The third-order valence-electron chi connectivity index (χ3n) is 4.18. The number of hydrogen-bond donors (Lipinski definition) is 0. The van der Waals surface area contributed by atoms with Crippen LogP contribution in [0.1, 0.15) is 36.7 Å². The van der Waals surface area contributed by atoms with E-state index in [9.17, 15) is 18.0 Å². The van der Waals surface area contributed by atoms with Gasteiger partial charge in [-0.15, -0.1) is 0 Å². The molecule has 0 radical (unpaired) electrons. The zero-order valence-electron chi connectivity index (χ0n) is 19.1. The summed E-state index contributed by atoms with van der Waals surface area (Å²) < 4.78 is 37.1. The molecule has 2 aromatic carbocycles. The number of anilines is 1. The summed E-state index contributed by atoms with van der Waals surface area (Å²) in [5.74, 6) is -0.834. The summed E-state index contributed by atoms with van der Waals surface area (Å²) in [6.07, 6.45) is -1.00. The first kappa shape index (κ1) is 25.4. The van der Waals surface area contributed by atoms with Crippen molar-refractivity contribution in [2.24, 2.45) is 0 Å². The van der Waals surface area contributed by atoms with E-state index in [0.717, 1.165) is 5.56 Å². The number of sulfonamides is 1. The topological polar surface area (TPSA) is 93.2 Å². The van der Waals surface area contributed by atoms with Gasteiger partial charge in [0, 0.05) is 6.54 Å². The molecule has 0 aromatic heterocycles. The Morgan fingerprint density at radius 3 is 2.06 bits per heavy atom. The van der Waals surface area contributed by atoms with Crippen LogP contribution in [0.15, 0.2) is 54.6 Å². The Morgan fingerprint density at radius 2 is 1.53 bits per heavy atom. The van der Waals surface area contributed by atoms with E-state index in [0.29, 0.717) is 4.31 Å². The van der Waals surface area contributed by atoms with Crippen molar-refractivity contribution in [3.8, 4) is 0 Å². The Balaban J connectivity index is 2.23. The largest absolute Gasteiger partial charge is 0.457 e. The summed E-state index contributed by atoms with van der Waals surface area (Å²) in [7, 11) is -0.542. The summed E-state index contributed by atoms with van der Waals surface area (Å²) in [6.45, 7) is 5.31. The Kier molecular flexibility index (Phi) is 8.40. The molecule has 1 amide bonds. The smallest absolute Gasteiger partial charge is 0.428 e. The van der Waals surface area contributed by atoms with Crippen LogP contribution in [-0.4, -0.2) is 57.4 Å². The average Bonchev–Trinajstić information content (AvgIpc) is 2.70. The van der Waals surface area contributed by atoms with Gasteiger partial charge < -0.3 is 14.4 Å². The van der Waals surface area contributed by atoms with Crippen molar-refractivity contribution in [1.82, 2.24) is 4.90 Å². The monoisotopic (exact) mass is 462 g/mol. The van der Waals surface area contributed by atoms with Gasteiger partial charge in [-0.2, -0.15) is 4.31 Å². The van der Waals surface area contributed by atoms with Crippen molar-refractivity contribution in [2.45, 2.75) is 33.0 Å². The number of ether oxygens (including phenoxy) is 2. The molecule has 0 N–H and O–H groups in total. The van der Waals surface area contributed by atoms with E-state index in [4.69, 9.17) is 9.47 Å². The molecule has 0 spiro atoms. The maximum atomic E-state index is 12.9. The fourth-order valence-electron chi connectivity index (χ4n) is 2.61. The quantitative estimate of drug-likeness (QED) is 0.553. The fourth-order valence-corrected chi connectivity index (χ4v) is 4.10. The predicted molar refractivity (Wildman–Crippen MR) is 123 cm³/mol. The molecule has 0 unspecified atom stereocenters. The molecule has 0 heterocycles. The lowest BCUT2D eigenvalue weighted by atomic mass is 10.2. The molecule has 0 fully saturated rings. The number of hydrogen-bond acceptors (Lipinski definition) is 7. The number of amides is 1. The van der Waals surface area contributed by atoms with Crippen molar-refractivity contribution >= 4 is 27.8 Å². The number of rotatable bonds is 8. The van der Waals surface area contributed by atoms with E-state index in [1.54, 1.807) is 39.8 Å². The molecule has 0 saturated carbocycles. The minimum absolute atomic E-state index is 0.0811. The number of carbonyl (C=O) groups excluding carboxylic acids is 2. The Bertz CT molecular complexity index is 1010. The molecule has 0 aliphatic heterocycles. The van der Waals surface area contributed by atoms with Gasteiger partial charge in [-0.25, -0.2) is 18.0 Å². The molecule has 0 aliphatic carbocycles. The molecule has 8 nitrogen and oxygen atoms in total. The van der Waals surface area contributed by atoms with Gasteiger partial charge in [0.1, 0.15) is 12.2 Å². The second kappa shape index (κ2) is 10.6. The van der Waals surface area contributed by atoms with Crippen molar-refractivity contribution in [2.75, 3.05) is 30.7 Å². The van der Waals surface area contributed by atoms with E-state index in [1.165, 1.54) is 24.3 Å². The molecular formula is C23H30N2O6S. The van der Waals surface area contributed by atoms with E-state index in [1.807, 2.05) is 30.3 Å². The number of nitrogens with zero attached hydrogens (tertiary/aromatic N) is 2. The van der Waals surface area contributed by atoms with E-state index < -0.39 is 27.7 Å². The Hall–Kier alpha value is -2.91. The summed E-state index contributed by atoms with van der Waals surface area (Å²) >= 11 is 0. The second-order valence-corrected chi connectivity index (χ2v) is 10.4. The SMILES string of the molecule is CN(C)CCS(=O)(=O)N(C(=O)OC(C)(C)C)c1ccc(C(=O)OCc2ccccc2)cc1. The summed E-state index contributed by atoms with van der Waals surface area (Å²) in [5.41, 5.74) is 0.283. The number of esters is 1. The highest BCUT2D eigenvalue weighted by Gasteiger charge is 2.33. The Labute approximate surface area is 189 Å². The lowest BCUT2D eigenvalue weighted by Gasteiger charge is -2.27. The minimum atomic E-state index is -4.02. The van der Waals surface area contributed by atoms with Crippen molar-refractivity contribution in [1.29, 1.82) is 0 Å². The van der Waals surface area contributed by atoms with Gasteiger partial charge >= 0.3 is 12.1 Å². The molecule has 0 atom stereocenters. The Morgan fingerprint density at radius 1 is 0.938 bits per heavy atom. The molecule has 0 bridgehead atoms. The zero-order chi connectivity index (χ0) is 23.9. The van der Waals surface area contributed by atoms with Crippen LogP contribution >= 0.6 is 0 Å². The standard InChI is InChI=1S/C23H30N2O6S/c1-23(2,3)31-22(27)25(32(28,29)16-15-24(4)5)20-13-11-19(12-14-20)21(26)30-17-18-9-7-6-8-10-18/h6-14H,15-17H2,1-5H3. The first-order valence-corrected chi connectivity index (χ1v) is 11.7. The molecule has 32 heavy (non-hydrogen) atoms.